The topological polar surface area (TPSA) is 127 Å². The molecule has 16 heteroatoms. The number of pyridine rings is 4. The number of nitrogens with one attached hydrogen (secondary N) is 2. The van der Waals surface area contributed by atoms with Gasteiger partial charge in [0.05, 0.1) is 23.1 Å². The van der Waals surface area contributed by atoms with Gasteiger partial charge in [-0.1, -0.05) is 9.37 Å². The van der Waals surface area contributed by atoms with Crippen molar-refractivity contribution in [1.82, 2.24) is 19.6 Å². The first-order valence-electron chi connectivity index (χ1n) is 30.4. The van der Waals surface area contributed by atoms with E-state index in [0.717, 1.165) is 129 Å². The molecule has 4 aliphatic carbocycles. The molecule has 0 fully saturated rings. The van der Waals surface area contributed by atoms with Crippen molar-refractivity contribution in [2.24, 2.45) is 20.7 Å². The number of H-pyrrole nitrogens is 2. The molecule has 438 valence electrons. The highest BCUT2D eigenvalue weighted by molar-refractivity contribution is 6.10. The van der Waals surface area contributed by atoms with Crippen LogP contribution in [0.1, 0.15) is 24.2 Å². The number of carbonyl (C=O) groups excluding carboxylic acids is 2. The fourth-order valence-corrected chi connectivity index (χ4v) is 11.2. The highest BCUT2D eigenvalue weighted by Crippen LogP contribution is 2.29. The minimum Gasteiger partial charge on any atom is -0.357 e. The van der Waals surface area contributed by atoms with Crippen molar-refractivity contribution >= 4 is 34.4 Å². The number of ketones is 2. The first kappa shape index (κ1) is 56.3. The molecular weight excluding hydrogens is 1120 g/mol. The van der Waals surface area contributed by atoms with E-state index in [1.54, 1.807) is 0 Å². The molecule has 10 heterocycles. The van der Waals surface area contributed by atoms with Crippen LogP contribution in [-0.4, -0.2) is 92.4 Å². The number of allylic oxidation sites excluding steroid dienone is 28. The summed E-state index contributed by atoms with van der Waals surface area (Å²) in [6.07, 6.45) is 77.3. The lowest BCUT2D eigenvalue weighted by atomic mass is 9.93. The van der Waals surface area contributed by atoms with Crippen LogP contribution in [0.2, 0.25) is 0 Å². The molecule has 14 rings (SSSR count). The largest absolute Gasteiger partial charge is 0.357 e. The fraction of sp³-hybridized carbons (Fsp3) is 0.135. The summed E-state index contributed by atoms with van der Waals surface area (Å²) in [6, 6.07) is 17.0. The molecule has 90 heavy (non-hydrogen) atoms. The molecule has 16 nitrogen and oxygen atoms in total. The number of rotatable bonds is 15. The van der Waals surface area contributed by atoms with Gasteiger partial charge in [0.15, 0.2) is 61.0 Å². The van der Waals surface area contributed by atoms with Crippen molar-refractivity contribution in [3.63, 3.8) is 0 Å². The molecule has 0 aromatic carbocycles. The van der Waals surface area contributed by atoms with Crippen LogP contribution in [0, 0.1) is 0 Å². The molecule has 0 radical (unpaired) electrons. The van der Waals surface area contributed by atoms with Crippen molar-refractivity contribution in [2.75, 3.05) is 40.4 Å². The number of aromatic nitrogens is 4. The zero-order chi connectivity index (χ0) is 60.6. The smallest absolute Gasteiger partial charge is 0.344 e. The molecule has 0 saturated carbocycles. The first-order valence-corrected chi connectivity index (χ1v) is 30.4. The predicted molar refractivity (Wildman–Crippen MR) is 347 cm³/mol. The third-order valence-electron chi connectivity index (χ3n) is 16.4. The van der Waals surface area contributed by atoms with Crippen LogP contribution in [0.5, 0.6) is 0 Å². The minimum absolute atomic E-state index is 0.629. The second-order valence-corrected chi connectivity index (χ2v) is 22.7. The Bertz CT molecular complexity index is 4130. The summed E-state index contributed by atoms with van der Waals surface area (Å²) in [5.41, 5.74) is 18.7. The van der Waals surface area contributed by atoms with Gasteiger partial charge >= 0.3 is 23.0 Å². The summed E-state index contributed by atoms with van der Waals surface area (Å²) in [5, 5.41) is 18.2. The molecule has 6 aliphatic heterocycles. The Labute approximate surface area is 523 Å². The standard InChI is InChI=1S/C74H66N14O2/c1-81-31-15-55(16-32-81)57-19-35-83(36-20-57)29-3-45-89-69-11-7-61-47-67(9-5-63(61)49-69)87-53-73(77-79-87)71-51-65(13-27-75-71)59-23-39-85(40-24-59)43-44-86-41-25-60(26-42-86)66-14-28-76-72(52-66)74-54-88(80-78-74)68-10-6-64-50-70(12-8-62(64)48-68)90-46-4-30-84-37-21-58(22-38-84)56-17-33-82(2)34-18-56/h5-28,31-42,47-54H,3-4,29-30,43-46H2,1-2H3/q+6/p+2. The van der Waals surface area contributed by atoms with Gasteiger partial charge in [-0.3, -0.25) is 8.85 Å². The lowest BCUT2D eigenvalue weighted by molar-refractivity contribution is -0.778. The number of aromatic amines is 2. The molecule has 0 spiro atoms. The molecule has 2 N–H and O–H groups in total. The Kier molecular flexibility index (Phi) is 16.2. The molecule has 0 saturated heterocycles. The lowest BCUT2D eigenvalue weighted by Crippen LogP contribution is -2.43. The Morgan fingerprint density at radius 2 is 0.789 bits per heavy atom. The lowest BCUT2D eigenvalue weighted by Gasteiger charge is -2.19. The fourth-order valence-electron chi connectivity index (χ4n) is 11.2. The van der Waals surface area contributed by atoms with Crippen LogP contribution in [0.3, 0.4) is 0 Å². The molecule has 0 amide bonds. The number of fused-ring (bicyclic) bond motifs is 2. The van der Waals surface area contributed by atoms with E-state index >= 15 is 0 Å². The van der Waals surface area contributed by atoms with Crippen LogP contribution in [0.15, 0.2) is 334 Å². The third-order valence-corrected chi connectivity index (χ3v) is 16.4. The second-order valence-electron chi connectivity index (χ2n) is 22.7. The number of nitrogens with zero attached hydrogens (tertiary/aromatic N) is 12. The number of hydrogen-bond acceptors (Lipinski definition) is 8. The zero-order valence-corrected chi connectivity index (χ0v) is 50.2. The van der Waals surface area contributed by atoms with Crippen molar-refractivity contribution in [1.29, 1.82) is 0 Å². The zero-order valence-electron chi connectivity index (χ0n) is 50.2. The summed E-state index contributed by atoms with van der Waals surface area (Å²) >= 11 is 0. The maximum Gasteiger partial charge on any atom is 0.344 e. The van der Waals surface area contributed by atoms with Gasteiger partial charge in [-0.2, -0.15) is 9.13 Å². The van der Waals surface area contributed by atoms with Gasteiger partial charge in [0.25, 0.3) is 24.6 Å². The second kappa shape index (κ2) is 25.8. The van der Waals surface area contributed by atoms with Crippen molar-refractivity contribution < 1.29 is 37.3 Å². The Balaban J connectivity index is 0.537. The van der Waals surface area contributed by atoms with E-state index < -0.39 is 0 Å². The predicted octanol–water partition coefficient (Wildman–Crippen LogP) is 10.4. The highest BCUT2D eigenvalue weighted by atomic mass is 16.4. The van der Waals surface area contributed by atoms with Crippen LogP contribution < -0.4 is 19.1 Å². The summed E-state index contributed by atoms with van der Waals surface area (Å²) in [4.78, 5) is 15.3. The van der Waals surface area contributed by atoms with Crippen LogP contribution in [0.4, 0.5) is 0 Å². The molecule has 4 aromatic rings. The molecule has 0 unspecified atom stereocenters. The molecule has 10 aliphatic rings. The van der Waals surface area contributed by atoms with Crippen LogP contribution in [0.25, 0.3) is 33.6 Å². The Morgan fingerprint density at radius 1 is 0.411 bits per heavy atom. The number of aryl methyl sites for hydroxylation is 2. The van der Waals surface area contributed by atoms with Crippen molar-refractivity contribution in [2.45, 2.75) is 25.9 Å². The summed E-state index contributed by atoms with van der Waals surface area (Å²) in [5.74, 6) is 1.72. The number of hydrogen-bond donors (Lipinski definition) is 0. The van der Waals surface area contributed by atoms with E-state index in [-0.39, 0.29) is 0 Å². The summed E-state index contributed by atoms with van der Waals surface area (Å²) < 4.78 is 20.4. The van der Waals surface area contributed by atoms with Gasteiger partial charge in [0.1, 0.15) is 10.4 Å². The molecular formula is C74H68N14O2+8. The average molecular weight is 1190 g/mol. The van der Waals surface area contributed by atoms with Gasteiger partial charge in [-0.05, 0) is 164 Å². The summed E-state index contributed by atoms with van der Waals surface area (Å²) in [7, 11) is 4.06. The molecule has 0 bridgehead atoms. The van der Waals surface area contributed by atoms with E-state index in [0.29, 0.717) is 13.2 Å². The van der Waals surface area contributed by atoms with Gasteiger partial charge in [0, 0.05) is 150 Å². The highest BCUT2D eigenvalue weighted by Gasteiger charge is 2.29. The van der Waals surface area contributed by atoms with Gasteiger partial charge in [-0.15, -0.1) is 0 Å². The average Bonchev–Trinajstić information content (AvgIpc) is 2.75. The van der Waals surface area contributed by atoms with E-state index in [2.05, 4.69) is 282 Å². The maximum atomic E-state index is 6.19. The minimum atomic E-state index is 0.629. The van der Waals surface area contributed by atoms with Crippen molar-refractivity contribution in [3.05, 3.63) is 325 Å². The van der Waals surface area contributed by atoms with Crippen molar-refractivity contribution in [3.8, 4) is 22.3 Å². The Hall–Kier alpha value is -11.5. The van der Waals surface area contributed by atoms with Crippen LogP contribution >= 0.6 is 0 Å². The van der Waals surface area contributed by atoms with E-state index in [9.17, 15) is 0 Å². The molecule has 0 atom stereocenters. The normalized spacial score (nSPS) is 21.0. The van der Waals surface area contributed by atoms with Crippen LogP contribution in [-0.2, 0) is 21.9 Å². The summed E-state index contributed by atoms with van der Waals surface area (Å²) in [6.45, 7) is 4.64. The van der Waals surface area contributed by atoms with Gasteiger partial charge in [-0.25, -0.2) is 9.97 Å². The van der Waals surface area contributed by atoms with Gasteiger partial charge < -0.3 is 19.6 Å². The molecule has 4 aromatic heterocycles. The van der Waals surface area contributed by atoms with E-state index in [1.165, 1.54) is 22.3 Å². The van der Waals surface area contributed by atoms with Gasteiger partial charge in [0.2, 0.25) is 13.1 Å². The van der Waals surface area contributed by atoms with E-state index in [1.807, 2.05) is 70.2 Å². The quantitative estimate of drug-likeness (QED) is 0.0667. The van der Waals surface area contributed by atoms with E-state index in [4.69, 9.17) is 8.85 Å². The Morgan fingerprint density at radius 3 is 1.20 bits per heavy atom. The third kappa shape index (κ3) is 13.2. The first-order chi connectivity index (χ1) is 44.3. The maximum absolute atomic E-state index is 6.19. The monoisotopic (exact) mass is 1180 g/mol. The SMILES string of the molecule is CN1C=CC(=C2C=CN(CCC[O+]=C3C=CC4=CC(=[N+]5C=C(c6cc(-c7cc[n+](CC[n+]8ccc(-c9cc[nH+]c(C%10=C[N+](=C%11C=CC%12=CC(=[O+]CCCN%13C=CC(=C%14C=CN(C)C=C%14)C=C%13)C=CC%12=C%11)N=N%10)c9)cc8)cc7)cc[nH+]6)N=N5)C=CC4=C3)C=C2)C=C1.